The van der Waals surface area contributed by atoms with Crippen molar-refractivity contribution in [1.82, 2.24) is 4.57 Å². The fraction of sp³-hybridized carbons (Fsp3) is 0.143. The zero-order valence-electron chi connectivity index (χ0n) is 13.7. The number of para-hydroxylation sites is 1. The SMILES string of the molecule is NC(=O)CCn1cc(C=C2Cc3ccccc3C2=O)c2ccccc21. The first-order chi connectivity index (χ1) is 12.1. The van der Waals surface area contributed by atoms with Gasteiger partial charge in [0.1, 0.15) is 0 Å². The number of nitrogens with zero attached hydrogens (tertiary/aromatic N) is 1. The van der Waals surface area contributed by atoms with Crippen LogP contribution in [0.15, 0.2) is 60.3 Å². The molecule has 2 N–H and O–H groups in total. The van der Waals surface area contributed by atoms with Crippen LogP contribution < -0.4 is 5.73 Å². The van der Waals surface area contributed by atoms with Crippen molar-refractivity contribution in [3.63, 3.8) is 0 Å². The van der Waals surface area contributed by atoms with Gasteiger partial charge in [-0.25, -0.2) is 0 Å². The van der Waals surface area contributed by atoms with Gasteiger partial charge in [0.05, 0.1) is 0 Å². The van der Waals surface area contributed by atoms with E-state index in [1.165, 1.54) is 0 Å². The summed E-state index contributed by atoms with van der Waals surface area (Å²) in [6.45, 7) is 0.535. The minimum Gasteiger partial charge on any atom is -0.370 e. The molecule has 0 saturated heterocycles. The third-order valence-corrected chi connectivity index (χ3v) is 4.68. The third-order valence-electron chi connectivity index (χ3n) is 4.68. The smallest absolute Gasteiger partial charge is 0.219 e. The van der Waals surface area contributed by atoms with Crippen molar-refractivity contribution in [3.05, 3.63) is 77.0 Å². The predicted molar refractivity (Wildman–Crippen MR) is 98.2 cm³/mol. The van der Waals surface area contributed by atoms with Crippen molar-refractivity contribution >= 4 is 28.7 Å². The zero-order valence-corrected chi connectivity index (χ0v) is 13.7. The first kappa shape index (κ1) is 15.4. The zero-order chi connectivity index (χ0) is 17.4. The van der Waals surface area contributed by atoms with Crippen LogP contribution in [0.25, 0.3) is 17.0 Å². The highest BCUT2D eigenvalue weighted by Gasteiger charge is 2.24. The molecule has 1 amide bonds. The molecule has 0 unspecified atom stereocenters. The number of hydrogen-bond acceptors (Lipinski definition) is 2. The van der Waals surface area contributed by atoms with E-state index in [9.17, 15) is 9.59 Å². The molecule has 25 heavy (non-hydrogen) atoms. The highest BCUT2D eigenvalue weighted by atomic mass is 16.1. The van der Waals surface area contributed by atoms with Crippen LogP contribution in [0, 0.1) is 0 Å². The van der Waals surface area contributed by atoms with Crippen LogP contribution >= 0.6 is 0 Å². The van der Waals surface area contributed by atoms with Gasteiger partial charge in [0.2, 0.25) is 5.91 Å². The maximum absolute atomic E-state index is 12.6. The number of carbonyl (C=O) groups is 2. The van der Waals surface area contributed by atoms with Crippen molar-refractivity contribution in [1.29, 1.82) is 0 Å². The predicted octanol–water partition coefficient (Wildman–Crippen LogP) is 3.34. The Kier molecular flexibility index (Phi) is 3.73. The molecule has 124 valence electrons. The van der Waals surface area contributed by atoms with E-state index in [1.54, 1.807) is 0 Å². The number of aromatic nitrogens is 1. The van der Waals surface area contributed by atoms with Crippen molar-refractivity contribution < 1.29 is 9.59 Å². The minimum atomic E-state index is -0.320. The number of rotatable bonds is 4. The van der Waals surface area contributed by atoms with E-state index in [2.05, 4.69) is 0 Å². The summed E-state index contributed by atoms with van der Waals surface area (Å²) >= 11 is 0. The van der Waals surface area contributed by atoms with Crippen LogP contribution in [0.2, 0.25) is 0 Å². The molecule has 1 aliphatic rings. The number of Topliss-reactive ketones (excluding diaryl/α,β-unsaturated/α-hetero) is 1. The van der Waals surface area contributed by atoms with Gasteiger partial charge in [-0.1, -0.05) is 42.5 Å². The lowest BCUT2D eigenvalue weighted by Gasteiger charge is -2.02. The monoisotopic (exact) mass is 330 g/mol. The molecule has 0 bridgehead atoms. The summed E-state index contributed by atoms with van der Waals surface area (Å²) < 4.78 is 2.03. The van der Waals surface area contributed by atoms with Gasteiger partial charge in [0.25, 0.3) is 0 Å². The number of aryl methyl sites for hydroxylation is 1. The molecular weight excluding hydrogens is 312 g/mol. The lowest BCUT2D eigenvalue weighted by molar-refractivity contribution is -0.118. The van der Waals surface area contributed by atoms with Gasteiger partial charge >= 0.3 is 0 Å². The van der Waals surface area contributed by atoms with Crippen molar-refractivity contribution in [2.24, 2.45) is 5.73 Å². The molecule has 0 radical (unpaired) electrons. The molecule has 1 aliphatic carbocycles. The second-order valence-electron chi connectivity index (χ2n) is 6.34. The van der Waals surface area contributed by atoms with Crippen molar-refractivity contribution in [2.75, 3.05) is 0 Å². The quantitative estimate of drug-likeness (QED) is 0.746. The van der Waals surface area contributed by atoms with Crippen LogP contribution in [0.1, 0.15) is 27.9 Å². The minimum absolute atomic E-state index is 0.101. The number of primary amides is 1. The van der Waals surface area contributed by atoms with E-state index in [-0.39, 0.29) is 11.7 Å². The first-order valence-electron chi connectivity index (χ1n) is 8.33. The summed E-state index contributed by atoms with van der Waals surface area (Å²) in [5.74, 6) is -0.219. The van der Waals surface area contributed by atoms with Crippen LogP contribution in [0.3, 0.4) is 0 Å². The molecule has 0 aliphatic heterocycles. The summed E-state index contributed by atoms with van der Waals surface area (Å²) in [4.78, 5) is 23.7. The van der Waals surface area contributed by atoms with E-state index >= 15 is 0 Å². The Labute approximate surface area is 145 Å². The molecule has 3 aromatic rings. The van der Waals surface area contributed by atoms with Crippen molar-refractivity contribution in [3.8, 4) is 0 Å². The molecule has 0 atom stereocenters. The Hall–Kier alpha value is -3.14. The Morgan fingerprint density at radius 2 is 1.88 bits per heavy atom. The summed E-state index contributed by atoms with van der Waals surface area (Å²) in [5, 5.41) is 1.07. The maximum atomic E-state index is 12.6. The second kappa shape index (κ2) is 6.06. The number of ketones is 1. The molecule has 0 spiro atoms. The Balaban J connectivity index is 1.75. The summed E-state index contributed by atoms with van der Waals surface area (Å²) in [6.07, 6.45) is 4.93. The average molecular weight is 330 g/mol. The second-order valence-corrected chi connectivity index (χ2v) is 6.34. The fourth-order valence-corrected chi connectivity index (χ4v) is 3.46. The normalized spacial score (nSPS) is 15.0. The highest BCUT2D eigenvalue weighted by Crippen LogP contribution is 2.30. The summed E-state index contributed by atoms with van der Waals surface area (Å²) in [6, 6.07) is 15.8. The summed E-state index contributed by atoms with van der Waals surface area (Å²) in [7, 11) is 0. The van der Waals surface area contributed by atoms with Gasteiger partial charge in [0.15, 0.2) is 5.78 Å². The Morgan fingerprint density at radius 3 is 2.68 bits per heavy atom. The van der Waals surface area contributed by atoms with Gasteiger partial charge < -0.3 is 10.3 Å². The van der Waals surface area contributed by atoms with Gasteiger partial charge in [-0.15, -0.1) is 0 Å². The molecule has 2 aromatic carbocycles. The molecule has 4 heteroatoms. The Morgan fingerprint density at radius 1 is 1.12 bits per heavy atom. The van der Waals surface area contributed by atoms with Crippen molar-refractivity contribution in [2.45, 2.75) is 19.4 Å². The number of amides is 1. The highest BCUT2D eigenvalue weighted by molar-refractivity contribution is 6.16. The Bertz CT molecular complexity index is 1030. The molecule has 4 nitrogen and oxygen atoms in total. The maximum Gasteiger partial charge on any atom is 0.219 e. The summed E-state index contributed by atoms with van der Waals surface area (Å²) in [5.41, 5.74) is 10.00. The number of fused-ring (bicyclic) bond motifs is 2. The molecule has 1 aromatic heterocycles. The van der Waals surface area contributed by atoms with E-state index in [0.29, 0.717) is 19.4 Å². The number of nitrogens with two attached hydrogens (primary N) is 1. The molecule has 0 saturated carbocycles. The molecule has 4 rings (SSSR count). The van der Waals surface area contributed by atoms with E-state index in [1.807, 2.05) is 65.4 Å². The molecular formula is C21H18N2O2. The molecule has 1 heterocycles. The van der Waals surface area contributed by atoms with Crippen LogP contribution in [0.4, 0.5) is 0 Å². The molecule has 0 fully saturated rings. The number of carbonyl (C=O) groups excluding carboxylic acids is 2. The average Bonchev–Trinajstić information content (AvgIpc) is 3.12. The number of allylic oxidation sites excluding steroid dienone is 1. The van der Waals surface area contributed by atoms with Gasteiger partial charge in [0, 0.05) is 53.2 Å². The number of benzene rings is 2. The first-order valence-corrected chi connectivity index (χ1v) is 8.33. The van der Waals surface area contributed by atoms with E-state index in [4.69, 9.17) is 5.73 Å². The van der Waals surface area contributed by atoms with Crippen LogP contribution in [0.5, 0.6) is 0 Å². The lowest BCUT2D eigenvalue weighted by atomic mass is 10.1. The topological polar surface area (TPSA) is 65.1 Å². The van der Waals surface area contributed by atoms with Crippen LogP contribution in [-0.4, -0.2) is 16.3 Å². The largest absolute Gasteiger partial charge is 0.370 e. The fourth-order valence-electron chi connectivity index (χ4n) is 3.46. The lowest BCUT2D eigenvalue weighted by Crippen LogP contribution is -2.13. The van der Waals surface area contributed by atoms with Gasteiger partial charge in [-0.05, 0) is 17.7 Å². The number of hydrogen-bond donors (Lipinski definition) is 1. The third kappa shape index (κ3) is 2.76. The van der Waals surface area contributed by atoms with Crippen LogP contribution in [-0.2, 0) is 17.8 Å². The van der Waals surface area contributed by atoms with Gasteiger partial charge in [-0.2, -0.15) is 0 Å². The standard InChI is InChI=1S/C21H18N2O2/c22-20(24)9-10-23-13-16(17-6-3-4-8-19(17)23)12-15-11-14-5-1-2-7-18(14)21(15)25/h1-8,12-13H,9-11H2,(H2,22,24). The van der Waals surface area contributed by atoms with Gasteiger partial charge in [-0.3, -0.25) is 9.59 Å². The van der Waals surface area contributed by atoms with E-state index in [0.717, 1.165) is 33.2 Å². The van der Waals surface area contributed by atoms with E-state index < -0.39 is 0 Å².